The van der Waals surface area contributed by atoms with Gasteiger partial charge in [-0.3, -0.25) is 4.99 Å². The molecule has 170 valence electrons. The van der Waals surface area contributed by atoms with Crippen molar-refractivity contribution in [1.29, 1.82) is 0 Å². The van der Waals surface area contributed by atoms with E-state index in [1.54, 1.807) is 21.3 Å². The first-order chi connectivity index (χ1) is 14.6. The molecule has 6 nitrogen and oxygen atoms in total. The second-order valence-electron chi connectivity index (χ2n) is 7.58. The molecule has 1 heterocycles. The van der Waals surface area contributed by atoms with E-state index < -0.39 is 0 Å². The molecule has 7 heteroatoms. The Hall–Kier alpha value is -2.16. The number of hydrogen-bond donors (Lipinski definition) is 2. The molecule has 1 aliphatic heterocycles. The van der Waals surface area contributed by atoms with Crippen molar-refractivity contribution >= 4 is 35.6 Å². The van der Waals surface area contributed by atoms with Gasteiger partial charge in [-0.1, -0.05) is 12.1 Å². The van der Waals surface area contributed by atoms with Gasteiger partial charge in [-0.25, -0.2) is 0 Å². The number of benzene rings is 2. The Balaban J connectivity index is 0.00000341. The Bertz CT molecular complexity index is 853. The van der Waals surface area contributed by atoms with Crippen LogP contribution in [0.1, 0.15) is 36.9 Å². The van der Waals surface area contributed by atoms with Crippen LogP contribution in [0.5, 0.6) is 11.5 Å². The average molecular weight is 538 g/mol. The molecule has 0 radical (unpaired) electrons. The SMILES string of the molecule is CN=C(NCCc1cc(OC)ccc1OC)NC(C)c1cccc(N2CCCC2)c1.I. The first-order valence-electron chi connectivity index (χ1n) is 10.7. The number of nitrogens with zero attached hydrogens (tertiary/aromatic N) is 2. The number of nitrogens with one attached hydrogen (secondary N) is 2. The Morgan fingerprint density at radius 1 is 1.10 bits per heavy atom. The van der Waals surface area contributed by atoms with Crippen molar-refractivity contribution in [3.8, 4) is 11.5 Å². The molecular formula is C24H35IN4O2. The maximum absolute atomic E-state index is 5.47. The van der Waals surface area contributed by atoms with Crippen LogP contribution in [-0.2, 0) is 6.42 Å². The number of aliphatic imine (C=N–C) groups is 1. The summed E-state index contributed by atoms with van der Waals surface area (Å²) in [4.78, 5) is 6.85. The van der Waals surface area contributed by atoms with Crippen LogP contribution in [0.4, 0.5) is 5.69 Å². The van der Waals surface area contributed by atoms with Crippen LogP contribution in [0, 0.1) is 0 Å². The second-order valence-corrected chi connectivity index (χ2v) is 7.58. The summed E-state index contributed by atoms with van der Waals surface area (Å²) in [5.74, 6) is 2.49. The average Bonchev–Trinajstić information content (AvgIpc) is 3.33. The van der Waals surface area contributed by atoms with E-state index in [0.717, 1.165) is 49.1 Å². The van der Waals surface area contributed by atoms with Crippen molar-refractivity contribution in [2.75, 3.05) is 45.8 Å². The monoisotopic (exact) mass is 538 g/mol. The van der Waals surface area contributed by atoms with Crippen LogP contribution in [0.3, 0.4) is 0 Å². The molecule has 0 saturated carbocycles. The first kappa shape index (κ1) is 25.1. The summed E-state index contributed by atoms with van der Waals surface area (Å²) >= 11 is 0. The van der Waals surface area contributed by atoms with Gasteiger partial charge in [0.15, 0.2) is 5.96 Å². The normalized spacial score (nSPS) is 14.6. The predicted molar refractivity (Wildman–Crippen MR) is 139 cm³/mol. The molecular weight excluding hydrogens is 503 g/mol. The smallest absolute Gasteiger partial charge is 0.191 e. The third-order valence-corrected chi connectivity index (χ3v) is 5.59. The standard InChI is InChI=1S/C24H34N4O2.HI/c1-18(19-8-7-9-21(16-19)28-14-5-6-15-28)27-24(25-2)26-13-12-20-17-22(29-3)10-11-23(20)30-4;/h7-11,16-18H,5-6,12-15H2,1-4H3,(H2,25,26,27);1H. The van der Waals surface area contributed by atoms with E-state index in [1.807, 2.05) is 18.2 Å². The van der Waals surface area contributed by atoms with Crippen molar-refractivity contribution in [2.45, 2.75) is 32.2 Å². The van der Waals surface area contributed by atoms with E-state index in [9.17, 15) is 0 Å². The zero-order valence-corrected chi connectivity index (χ0v) is 21.3. The summed E-state index contributed by atoms with van der Waals surface area (Å²) in [6, 6.07) is 14.8. The quantitative estimate of drug-likeness (QED) is 0.297. The van der Waals surface area contributed by atoms with Gasteiger partial charge in [0.1, 0.15) is 11.5 Å². The van der Waals surface area contributed by atoms with Crippen molar-refractivity contribution in [3.05, 3.63) is 53.6 Å². The van der Waals surface area contributed by atoms with Gasteiger partial charge in [0, 0.05) is 32.4 Å². The highest BCUT2D eigenvalue weighted by Gasteiger charge is 2.14. The number of methoxy groups -OCH3 is 2. The van der Waals surface area contributed by atoms with Crippen molar-refractivity contribution in [3.63, 3.8) is 0 Å². The van der Waals surface area contributed by atoms with Gasteiger partial charge < -0.3 is 25.0 Å². The third kappa shape index (κ3) is 6.92. The molecule has 1 atom stereocenters. The number of anilines is 1. The number of halogens is 1. The molecule has 1 unspecified atom stereocenters. The van der Waals surface area contributed by atoms with Crippen LogP contribution in [0.2, 0.25) is 0 Å². The summed E-state index contributed by atoms with van der Waals surface area (Å²) in [6.45, 7) is 5.22. The molecule has 0 amide bonds. The van der Waals surface area contributed by atoms with E-state index in [2.05, 4.69) is 51.7 Å². The minimum absolute atomic E-state index is 0. The Morgan fingerprint density at radius 2 is 1.87 bits per heavy atom. The fourth-order valence-electron chi connectivity index (χ4n) is 3.84. The molecule has 0 bridgehead atoms. The highest BCUT2D eigenvalue weighted by Crippen LogP contribution is 2.25. The minimum Gasteiger partial charge on any atom is -0.497 e. The Labute approximate surface area is 203 Å². The van der Waals surface area contributed by atoms with E-state index in [4.69, 9.17) is 9.47 Å². The highest BCUT2D eigenvalue weighted by atomic mass is 127. The van der Waals surface area contributed by atoms with Crippen LogP contribution in [-0.4, -0.2) is 46.9 Å². The summed E-state index contributed by atoms with van der Waals surface area (Å²) < 4.78 is 10.8. The minimum atomic E-state index is 0. The lowest BCUT2D eigenvalue weighted by Gasteiger charge is -2.22. The Morgan fingerprint density at radius 3 is 2.55 bits per heavy atom. The van der Waals surface area contributed by atoms with Gasteiger partial charge >= 0.3 is 0 Å². The molecule has 2 aromatic carbocycles. The van der Waals surface area contributed by atoms with E-state index in [1.165, 1.54) is 24.1 Å². The summed E-state index contributed by atoms with van der Waals surface area (Å²) in [6.07, 6.45) is 3.37. The predicted octanol–water partition coefficient (Wildman–Crippen LogP) is 4.39. The third-order valence-electron chi connectivity index (χ3n) is 5.59. The summed E-state index contributed by atoms with van der Waals surface area (Å²) in [5, 5.41) is 6.91. The molecule has 1 aliphatic rings. The number of ether oxygens (including phenoxy) is 2. The number of rotatable bonds is 8. The fourth-order valence-corrected chi connectivity index (χ4v) is 3.84. The summed E-state index contributed by atoms with van der Waals surface area (Å²) in [7, 11) is 5.17. The van der Waals surface area contributed by atoms with Gasteiger partial charge in [0.2, 0.25) is 0 Å². The first-order valence-corrected chi connectivity index (χ1v) is 10.7. The lowest BCUT2D eigenvalue weighted by molar-refractivity contribution is 0.398. The zero-order valence-electron chi connectivity index (χ0n) is 19.0. The largest absolute Gasteiger partial charge is 0.497 e. The maximum Gasteiger partial charge on any atom is 0.191 e. The molecule has 0 aliphatic carbocycles. The molecule has 0 spiro atoms. The van der Waals surface area contributed by atoms with Gasteiger partial charge in [-0.05, 0) is 67.6 Å². The van der Waals surface area contributed by atoms with E-state index >= 15 is 0 Å². The van der Waals surface area contributed by atoms with Crippen LogP contribution in [0.15, 0.2) is 47.5 Å². The zero-order chi connectivity index (χ0) is 21.3. The van der Waals surface area contributed by atoms with Gasteiger partial charge in [0.25, 0.3) is 0 Å². The van der Waals surface area contributed by atoms with Crippen LogP contribution < -0.4 is 25.0 Å². The lowest BCUT2D eigenvalue weighted by atomic mass is 10.1. The van der Waals surface area contributed by atoms with Crippen LogP contribution >= 0.6 is 24.0 Å². The molecule has 3 rings (SSSR count). The van der Waals surface area contributed by atoms with Gasteiger partial charge in [-0.15, -0.1) is 24.0 Å². The van der Waals surface area contributed by atoms with Crippen molar-refractivity contribution in [1.82, 2.24) is 10.6 Å². The van der Waals surface area contributed by atoms with E-state index in [0.29, 0.717) is 0 Å². The number of hydrogen-bond acceptors (Lipinski definition) is 4. The van der Waals surface area contributed by atoms with E-state index in [-0.39, 0.29) is 30.0 Å². The topological polar surface area (TPSA) is 58.1 Å². The lowest BCUT2D eigenvalue weighted by Crippen LogP contribution is -2.39. The van der Waals surface area contributed by atoms with Crippen LogP contribution in [0.25, 0.3) is 0 Å². The summed E-state index contributed by atoms with van der Waals surface area (Å²) in [5.41, 5.74) is 3.68. The highest BCUT2D eigenvalue weighted by molar-refractivity contribution is 14.0. The molecule has 1 saturated heterocycles. The van der Waals surface area contributed by atoms with Crippen molar-refractivity contribution < 1.29 is 9.47 Å². The maximum atomic E-state index is 5.47. The number of guanidine groups is 1. The molecule has 2 aromatic rings. The molecule has 31 heavy (non-hydrogen) atoms. The van der Waals surface area contributed by atoms with Gasteiger partial charge in [0.05, 0.1) is 20.3 Å². The van der Waals surface area contributed by atoms with Crippen molar-refractivity contribution in [2.24, 2.45) is 4.99 Å². The fraction of sp³-hybridized carbons (Fsp3) is 0.458. The molecule has 1 fully saturated rings. The molecule has 0 aromatic heterocycles. The second kappa shape index (κ2) is 12.6. The Kier molecular flexibility index (Phi) is 10.2. The molecule has 2 N–H and O–H groups in total. The van der Waals surface area contributed by atoms with Gasteiger partial charge in [-0.2, -0.15) is 0 Å².